The lowest BCUT2D eigenvalue weighted by Crippen LogP contribution is -2.51. The molecule has 0 aromatic heterocycles. The number of benzene rings is 2. The molecule has 0 bridgehead atoms. The van der Waals surface area contributed by atoms with E-state index in [4.69, 9.17) is 9.47 Å². The Labute approximate surface area is 183 Å². The molecular formula is C25H30N2O4. The third-order valence-corrected chi connectivity index (χ3v) is 5.94. The number of carbonyl (C=O) groups excluding carboxylic acids is 2. The topological polar surface area (TPSA) is 59.1 Å². The van der Waals surface area contributed by atoms with Gasteiger partial charge < -0.3 is 19.3 Å². The van der Waals surface area contributed by atoms with Crippen molar-refractivity contribution < 1.29 is 19.1 Å². The standard InChI is InChI=1S/C25H30N2O4/c28-24(13-7-10-20-8-3-1-4-9-20)27-19-22(31-21-11-5-2-6-12-21)18-23(27)25(29)26-14-16-30-17-15-26/h1-6,8-9,11-12,22-23H,7,10,13-19H2. The number of hydrogen-bond acceptors (Lipinski definition) is 4. The van der Waals surface area contributed by atoms with E-state index in [1.165, 1.54) is 5.56 Å². The number of amides is 2. The zero-order chi connectivity index (χ0) is 21.5. The number of rotatable bonds is 7. The first-order valence-corrected chi connectivity index (χ1v) is 11.1. The van der Waals surface area contributed by atoms with Gasteiger partial charge in [0.05, 0.1) is 19.8 Å². The molecule has 2 aliphatic rings. The Kier molecular flexibility index (Phi) is 7.20. The summed E-state index contributed by atoms with van der Waals surface area (Å²) in [7, 11) is 0. The number of nitrogens with zero attached hydrogens (tertiary/aromatic N) is 2. The number of likely N-dealkylation sites (tertiary alicyclic amines) is 1. The second-order valence-electron chi connectivity index (χ2n) is 8.13. The molecule has 0 N–H and O–H groups in total. The van der Waals surface area contributed by atoms with Crippen LogP contribution in [0.4, 0.5) is 0 Å². The van der Waals surface area contributed by atoms with E-state index in [9.17, 15) is 9.59 Å². The predicted octanol–water partition coefficient (Wildman–Crippen LogP) is 2.92. The zero-order valence-electron chi connectivity index (χ0n) is 17.8. The maximum Gasteiger partial charge on any atom is 0.245 e. The first-order valence-electron chi connectivity index (χ1n) is 11.1. The molecule has 6 nitrogen and oxygen atoms in total. The van der Waals surface area contributed by atoms with Gasteiger partial charge in [0, 0.05) is 25.9 Å². The summed E-state index contributed by atoms with van der Waals surface area (Å²) in [6.07, 6.45) is 2.39. The van der Waals surface area contributed by atoms with Crippen molar-refractivity contribution in [1.82, 2.24) is 9.80 Å². The van der Waals surface area contributed by atoms with Gasteiger partial charge in [-0.15, -0.1) is 0 Å². The Morgan fingerprint density at radius 1 is 0.968 bits per heavy atom. The SMILES string of the molecule is O=C(C1CC(Oc2ccccc2)CN1C(=O)CCCc1ccccc1)N1CCOCC1. The minimum atomic E-state index is -0.462. The molecule has 0 saturated carbocycles. The van der Waals surface area contributed by atoms with Gasteiger partial charge in [-0.05, 0) is 30.5 Å². The van der Waals surface area contributed by atoms with Crippen LogP contribution >= 0.6 is 0 Å². The summed E-state index contributed by atoms with van der Waals surface area (Å²) >= 11 is 0. The molecule has 2 aromatic rings. The molecule has 2 atom stereocenters. The number of para-hydroxylation sites is 1. The van der Waals surface area contributed by atoms with Gasteiger partial charge >= 0.3 is 0 Å². The molecule has 2 saturated heterocycles. The number of hydrogen-bond donors (Lipinski definition) is 0. The smallest absolute Gasteiger partial charge is 0.245 e. The molecule has 2 unspecified atom stereocenters. The third kappa shape index (κ3) is 5.64. The van der Waals surface area contributed by atoms with E-state index in [0.717, 1.165) is 18.6 Å². The Balaban J connectivity index is 1.40. The number of ether oxygens (including phenoxy) is 2. The molecule has 0 radical (unpaired) electrons. The minimum absolute atomic E-state index is 0.0128. The number of carbonyl (C=O) groups is 2. The highest BCUT2D eigenvalue weighted by molar-refractivity contribution is 5.88. The van der Waals surface area contributed by atoms with Crippen molar-refractivity contribution in [3.05, 3.63) is 66.2 Å². The van der Waals surface area contributed by atoms with Gasteiger partial charge in [0.2, 0.25) is 11.8 Å². The van der Waals surface area contributed by atoms with Crippen LogP contribution in [-0.4, -0.2) is 66.6 Å². The highest BCUT2D eigenvalue weighted by Crippen LogP contribution is 2.26. The second-order valence-corrected chi connectivity index (χ2v) is 8.13. The molecular weight excluding hydrogens is 392 g/mol. The first kappa shape index (κ1) is 21.4. The van der Waals surface area contributed by atoms with Crippen LogP contribution in [0.15, 0.2) is 60.7 Å². The Hall–Kier alpha value is -2.86. The molecule has 2 fully saturated rings. The minimum Gasteiger partial charge on any atom is -0.488 e. The van der Waals surface area contributed by atoms with Crippen LogP contribution in [0.1, 0.15) is 24.8 Å². The largest absolute Gasteiger partial charge is 0.488 e. The van der Waals surface area contributed by atoms with Gasteiger partial charge in [0.25, 0.3) is 0 Å². The van der Waals surface area contributed by atoms with Gasteiger partial charge in [-0.2, -0.15) is 0 Å². The lowest BCUT2D eigenvalue weighted by Gasteiger charge is -2.32. The quantitative estimate of drug-likeness (QED) is 0.689. The van der Waals surface area contributed by atoms with Gasteiger partial charge in [0.1, 0.15) is 17.9 Å². The van der Waals surface area contributed by atoms with Crippen molar-refractivity contribution in [2.45, 2.75) is 37.8 Å². The fraction of sp³-hybridized carbons (Fsp3) is 0.440. The molecule has 164 valence electrons. The van der Waals surface area contributed by atoms with Crippen LogP contribution in [0.5, 0.6) is 5.75 Å². The van der Waals surface area contributed by atoms with E-state index in [-0.39, 0.29) is 17.9 Å². The summed E-state index contributed by atoms with van der Waals surface area (Å²) in [4.78, 5) is 29.9. The van der Waals surface area contributed by atoms with Gasteiger partial charge in [-0.1, -0.05) is 48.5 Å². The van der Waals surface area contributed by atoms with E-state index in [2.05, 4.69) is 12.1 Å². The van der Waals surface area contributed by atoms with Crippen molar-refractivity contribution in [1.29, 1.82) is 0 Å². The summed E-state index contributed by atoms with van der Waals surface area (Å²) in [6, 6.07) is 19.3. The maximum absolute atomic E-state index is 13.2. The van der Waals surface area contributed by atoms with Crippen molar-refractivity contribution in [2.24, 2.45) is 0 Å². The van der Waals surface area contributed by atoms with Crippen LogP contribution < -0.4 is 4.74 Å². The molecule has 4 rings (SSSR count). The first-order chi connectivity index (χ1) is 15.2. The zero-order valence-corrected chi connectivity index (χ0v) is 17.8. The summed E-state index contributed by atoms with van der Waals surface area (Å²) in [5, 5.41) is 0. The normalized spacial score (nSPS) is 21.2. The summed E-state index contributed by atoms with van der Waals surface area (Å²) in [5.74, 6) is 0.809. The van der Waals surface area contributed by atoms with Crippen LogP contribution in [0.25, 0.3) is 0 Å². The van der Waals surface area contributed by atoms with E-state index in [1.54, 1.807) is 4.90 Å². The average molecular weight is 423 g/mol. The number of aryl methyl sites for hydroxylation is 1. The predicted molar refractivity (Wildman–Crippen MR) is 118 cm³/mol. The van der Waals surface area contributed by atoms with Crippen LogP contribution in [0, 0.1) is 0 Å². The van der Waals surface area contributed by atoms with E-state index < -0.39 is 6.04 Å². The molecule has 0 spiro atoms. The highest BCUT2D eigenvalue weighted by atomic mass is 16.5. The van der Waals surface area contributed by atoms with E-state index >= 15 is 0 Å². The third-order valence-electron chi connectivity index (χ3n) is 5.94. The van der Waals surface area contributed by atoms with E-state index in [1.807, 2.05) is 53.4 Å². The molecule has 2 aliphatic heterocycles. The van der Waals surface area contributed by atoms with Gasteiger partial charge in [-0.3, -0.25) is 9.59 Å². The lowest BCUT2D eigenvalue weighted by atomic mass is 10.1. The maximum atomic E-state index is 13.2. The van der Waals surface area contributed by atoms with Crippen molar-refractivity contribution in [2.75, 3.05) is 32.8 Å². The Morgan fingerprint density at radius 3 is 2.35 bits per heavy atom. The second kappa shape index (κ2) is 10.4. The van der Waals surface area contributed by atoms with Gasteiger partial charge in [-0.25, -0.2) is 0 Å². The van der Waals surface area contributed by atoms with Crippen LogP contribution in [-0.2, 0) is 20.7 Å². The van der Waals surface area contributed by atoms with Crippen LogP contribution in [0.3, 0.4) is 0 Å². The summed E-state index contributed by atoms with van der Waals surface area (Å²) in [5.41, 5.74) is 1.22. The monoisotopic (exact) mass is 422 g/mol. The number of morpholine rings is 1. The Morgan fingerprint density at radius 2 is 1.65 bits per heavy atom. The van der Waals surface area contributed by atoms with Crippen molar-refractivity contribution in [3.63, 3.8) is 0 Å². The highest BCUT2D eigenvalue weighted by Gasteiger charge is 2.42. The lowest BCUT2D eigenvalue weighted by molar-refractivity contribution is -0.146. The van der Waals surface area contributed by atoms with Crippen molar-refractivity contribution in [3.8, 4) is 5.75 Å². The Bertz CT molecular complexity index is 852. The molecule has 2 amide bonds. The summed E-state index contributed by atoms with van der Waals surface area (Å²) in [6.45, 7) is 2.70. The molecule has 0 aliphatic carbocycles. The van der Waals surface area contributed by atoms with Crippen LogP contribution in [0.2, 0.25) is 0 Å². The molecule has 31 heavy (non-hydrogen) atoms. The fourth-order valence-electron chi connectivity index (χ4n) is 4.31. The van der Waals surface area contributed by atoms with E-state index in [0.29, 0.717) is 45.7 Å². The van der Waals surface area contributed by atoms with Crippen molar-refractivity contribution >= 4 is 11.8 Å². The fourth-order valence-corrected chi connectivity index (χ4v) is 4.31. The summed E-state index contributed by atoms with van der Waals surface area (Å²) < 4.78 is 11.5. The van der Waals surface area contributed by atoms with Gasteiger partial charge in [0.15, 0.2) is 0 Å². The molecule has 2 heterocycles. The average Bonchev–Trinajstić information content (AvgIpc) is 3.24. The molecule has 6 heteroatoms. The molecule has 2 aromatic carbocycles.